The summed E-state index contributed by atoms with van der Waals surface area (Å²) in [6.45, 7) is 15.0. The Bertz CT molecular complexity index is 485. The maximum atomic E-state index is 12.7. The van der Waals surface area contributed by atoms with E-state index in [1.165, 1.54) is 0 Å². The average molecular weight is 403 g/mol. The molecule has 1 aliphatic rings. The number of rotatable bonds is 12. The Morgan fingerprint density at radius 2 is 1.37 bits per heavy atom. The summed E-state index contributed by atoms with van der Waals surface area (Å²) in [4.78, 5) is 25.3. The van der Waals surface area contributed by atoms with Crippen LogP contribution in [0, 0.1) is 11.3 Å². The molecule has 1 saturated carbocycles. The van der Waals surface area contributed by atoms with Crippen molar-refractivity contribution in [1.82, 2.24) is 0 Å². The summed E-state index contributed by atoms with van der Waals surface area (Å²) in [5.41, 5.74) is -0.550. The van der Waals surface area contributed by atoms with Crippen molar-refractivity contribution in [3.8, 4) is 0 Å². The van der Waals surface area contributed by atoms with Crippen molar-refractivity contribution < 1.29 is 32.3 Å². The topological polar surface area (TPSA) is 80.3 Å². The first-order valence-electron chi connectivity index (χ1n) is 9.78. The molecule has 0 saturated heterocycles. The van der Waals surface area contributed by atoms with Gasteiger partial charge in [-0.3, -0.25) is 9.59 Å². The number of hydrogen-bond acceptors (Lipinski definition) is 7. The highest BCUT2D eigenvalue weighted by Crippen LogP contribution is 2.49. The van der Waals surface area contributed by atoms with Crippen LogP contribution in [0.2, 0.25) is 6.04 Å². The van der Waals surface area contributed by atoms with E-state index in [1.54, 1.807) is 13.8 Å². The molecule has 27 heavy (non-hydrogen) atoms. The molecule has 156 valence electrons. The minimum Gasteiger partial charge on any atom is -0.465 e. The molecule has 0 N–H and O–H groups in total. The highest BCUT2D eigenvalue weighted by molar-refractivity contribution is 6.60. The Balaban J connectivity index is 3.13. The molecule has 0 unspecified atom stereocenters. The summed E-state index contributed by atoms with van der Waals surface area (Å²) in [6, 6.07) is 0.474. The van der Waals surface area contributed by atoms with Crippen LogP contribution in [0.1, 0.15) is 47.5 Å². The van der Waals surface area contributed by atoms with Gasteiger partial charge in [0.05, 0.1) is 13.2 Å². The molecule has 0 aliphatic heterocycles. The van der Waals surface area contributed by atoms with E-state index in [0.29, 0.717) is 25.9 Å². The molecule has 1 atom stereocenters. The van der Waals surface area contributed by atoms with Crippen molar-refractivity contribution in [1.29, 1.82) is 0 Å². The van der Waals surface area contributed by atoms with Gasteiger partial charge in [-0.25, -0.2) is 0 Å². The standard InChI is InChI=1S/C19H34O7Si/c1-7-22-17(20)19(18(21)23-8-2)12-15(6)16(13-19)14-27(24-9-3,25-10-4)26-11-5/h16H,6-14H2,1-5H3/t16-/m0/s1. The fourth-order valence-corrected chi connectivity index (χ4v) is 6.54. The lowest BCUT2D eigenvalue weighted by atomic mass is 9.85. The summed E-state index contributed by atoms with van der Waals surface area (Å²) in [5, 5.41) is 0. The third-order valence-electron chi connectivity index (χ3n) is 4.62. The van der Waals surface area contributed by atoms with Crippen molar-refractivity contribution >= 4 is 20.7 Å². The molecule has 0 heterocycles. The largest absolute Gasteiger partial charge is 0.501 e. The van der Waals surface area contributed by atoms with E-state index in [0.717, 1.165) is 5.57 Å². The first kappa shape index (κ1) is 23.8. The van der Waals surface area contributed by atoms with Gasteiger partial charge in [-0.1, -0.05) is 12.2 Å². The van der Waals surface area contributed by atoms with E-state index in [1.807, 2.05) is 20.8 Å². The van der Waals surface area contributed by atoms with Crippen LogP contribution in [0.3, 0.4) is 0 Å². The van der Waals surface area contributed by atoms with Gasteiger partial charge in [0.1, 0.15) is 0 Å². The molecule has 1 aliphatic carbocycles. The van der Waals surface area contributed by atoms with Crippen molar-refractivity contribution in [2.24, 2.45) is 11.3 Å². The summed E-state index contributed by atoms with van der Waals surface area (Å²) in [7, 11) is -2.94. The van der Waals surface area contributed by atoms with E-state index in [-0.39, 0.29) is 32.0 Å². The third-order valence-corrected chi connectivity index (χ3v) is 7.80. The average Bonchev–Trinajstić information content (AvgIpc) is 2.94. The molecule has 1 rings (SSSR count). The third kappa shape index (κ3) is 5.63. The van der Waals surface area contributed by atoms with Gasteiger partial charge in [0.25, 0.3) is 0 Å². The first-order chi connectivity index (χ1) is 12.8. The van der Waals surface area contributed by atoms with Crippen LogP contribution in [0.25, 0.3) is 0 Å². The van der Waals surface area contributed by atoms with Crippen molar-refractivity contribution in [2.45, 2.75) is 53.5 Å². The van der Waals surface area contributed by atoms with Gasteiger partial charge in [0.2, 0.25) is 0 Å². The van der Waals surface area contributed by atoms with E-state index in [4.69, 9.17) is 22.8 Å². The zero-order valence-electron chi connectivity index (χ0n) is 17.3. The molecule has 0 aromatic carbocycles. The summed E-state index contributed by atoms with van der Waals surface area (Å²) >= 11 is 0. The maximum Gasteiger partial charge on any atom is 0.501 e. The molecule has 0 bridgehead atoms. The number of carbonyl (C=O) groups excluding carboxylic acids is 2. The van der Waals surface area contributed by atoms with Crippen LogP contribution < -0.4 is 0 Å². The van der Waals surface area contributed by atoms with E-state index in [2.05, 4.69) is 6.58 Å². The van der Waals surface area contributed by atoms with Crippen molar-refractivity contribution in [3.63, 3.8) is 0 Å². The second kappa shape index (κ2) is 10.9. The fraction of sp³-hybridized carbons (Fsp3) is 0.789. The molecule has 0 aromatic rings. The van der Waals surface area contributed by atoms with Gasteiger partial charge < -0.3 is 22.8 Å². The highest BCUT2D eigenvalue weighted by Gasteiger charge is 2.57. The molecule has 0 spiro atoms. The quantitative estimate of drug-likeness (QED) is 0.215. The normalized spacial score (nSPS) is 19.1. The Morgan fingerprint density at radius 3 is 1.74 bits per heavy atom. The second-order valence-corrected chi connectivity index (χ2v) is 9.09. The van der Waals surface area contributed by atoms with E-state index >= 15 is 0 Å². The van der Waals surface area contributed by atoms with E-state index in [9.17, 15) is 9.59 Å². The second-order valence-electron chi connectivity index (χ2n) is 6.45. The lowest BCUT2D eigenvalue weighted by Crippen LogP contribution is -2.47. The summed E-state index contributed by atoms with van der Waals surface area (Å²) < 4.78 is 28.2. The van der Waals surface area contributed by atoms with Crippen LogP contribution in [0.4, 0.5) is 0 Å². The molecular formula is C19H34O7Si. The smallest absolute Gasteiger partial charge is 0.465 e. The van der Waals surface area contributed by atoms with Crippen molar-refractivity contribution in [3.05, 3.63) is 12.2 Å². The zero-order chi connectivity index (χ0) is 20.5. The zero-order valence-corrected chi connectivity index (χ0v) is 18.3. The number of allylic oxidation sites excluding steroid dienone is 1. The van der Waals surface area contributed by atoms with Crippen LogP contribution in [-0.2, 0) is 32.3 Å². The molecule has 1 fully saturated rings. The fourth-order valence-electron chi connectivity index (χ4n) is 3.58. The minimum atomic E-state index is -2.94. The molecule has 8 heteroatoms. The number of hydrogen-bond donors (Lipinski definition) is 0. The molecule has 0 radical (unpaired) electrons. The molecule has 0 aromatic heterocycles. The molecule has 7 nitrogen and oxygen atoms in total. The monoisotopic (exact) mass is 402 g/mol. The lowest BCUT2D eigenvalue weighted by Gasteiger charge is -2.31. The van der Waals surface area contributed by atoms with Gasteiger partial charge in [-0.2, -0.15) is 0 Å². The summed E-state index contributed by atoms with van der Waals surface area (Å²) in [5.74, 6) is -1.25. The van der Waals surface area contributed by atoms with Crippen LogP contribution in [0.15, 0.2) is 12.2 Å². The predicted molar refractivity (Wildman–Crippen MR) is 103 cm³/mol. The molecule has 0 amide bonds. The Labute approximate surface area is 163 Å². The molecular weight excluding hydrogens is 368 g/mol. The van der Waals surface area contributed by atoms with Gasteiger partial charge in [-0.15, -0.1) is 0 Å². The number of carbonyl (C=O) groups is 2. The minimum absolute atomic E-state index is 0.143. The Hall–Kier alpha value is -1.22. The maximum absolute atomic E-state index is 12.7. The SMILES string of the molecule is C=C1CC(C(=O)OCC)(C(=O)OCC)C[C@H]1C[Si](OCC)(OCC)OCC. The van der Waals surface area contributed by atoms with Crippen LogP contribution in [-0.4, -0.2) is 53.8 Å². The van der Waals surface area contributed by atoms with Crippen LogP contribution in [0.5, 0.6) is 0 Å². The first-order valence-corrected chi connectivity index (χ1v) is 11.7. The van der Waals surface area contributed by atoms with Gasteiger partial charge >= 0.3 is 20.7 Å². The summed E-state index contributed by atoms with van der Waals surface area (Å²) in [6.07, 6.45) is 0.482. The van der Waals surface area contributed by atoms with Crippen molar-refractivity contribution in [2.75, 3.05) is 33.0 Å². The van der Waals surface area contributed by atoms with E-state index < -0.39 is 26.2 Å². The highest BCUT2D eigenvalue weighted by atomic mass is 28.4. The number of esters is 2. The lowest BCUT2D eigenvalue weighted by molar-refractivity contribution is -0.171. The Kier molecular flexibility index (Phi) is 9.65. The van der Waals surface area contributed by atoms with Crippen LogP contribution >= 0.6 is 0 Å². The Morgan fingerprint density at radius 1 is 0.926 bits per heavy atom. The van der Waals surface area contributed by atoms with Gasteiger partial charge in [0.15, 0.2) is 5.41 Å². The predicted octanol–water partition coefficient (Wildman–Crippen LogP) is 3.11. The van der Waals surface area contributed by atoms with Gasteiger partial charge in [-0.05, 0) is 53.4 Å². The van der Waals surface area contributed by atoms with Gasteiger partial charge in [0, 0.05) is 25.9 Å². The number of ether oxygens (including phenoxy) is 2.